The van der Waals surface area contributed by atoms with Crippen molar-refractivity contribution >= 4 is 17.2 Å². The van der Waals surface area contributed by atoms with Crippen LogP contribution in [0.2, 0.25) is 5.02 Å². The van der Waals surface area contributed by atoms with Gasteiger partial charge in [-0.2, -0.15) is 5.10 Å². The highest BCUT2D eigenvalue weighted by molar-refractivity contribution is 6.30. The van der Waals surface area contributed by atoms with Crippen molar-refractivity contribution in [2.24, 2.45) is 0 Å². The van der Waals surface area contributed by atoms with Crippen molar-refractivity contribution in [3.63, 3.8) is 0 Å². The minimum atomic E-state index is 0.495. The molecule has 1 aliphatic rings. The number of aromatic nitrogens is 5. The second kappa shape index (κ2) is 5.70. The van der Waals surface area contributed by atoms with E-state index in [1.54, 1.807) is 12.7 Å². The van der Waals surface area contributed by atoms with Crippen molar-refractivity contribution in [1.29, 1.82) is 0 Å². The number of hydrogen-bond donors (Lipinski definition) is 0. The predicted molar refractivity (Wildman–Crippen MR) is 83.7 cm³/mol. The Balaban J connectivity index is 1.50. The van der Waals surface area contributed by atoms with Crippen molar-refractivity contribution in [3.05, 3.63) is 47.9 Å². The largest absolute Gasteiger partial charge is 0.305 e. The van der Waals surface area contributed by atoms with Gasteiger partial charge in [0, 0.05) is 25.0 Å². The van der Waals surface area contributed by atoms with Crippen LogP contribution in [0.4, 0.5) is 0 Å². The van der Waals surface area contributed by atoms with Gasteiger partial charge in [0.05, 0.1) is 17.3 Å². The molecule has 0 amide bonds. The van der Waals surface area contributed by atoms with Gasteiger partial charge in [-0.1, -0.05) is 11.6 Å². The Morgan fingerprint density at radius 2 is 2.23 bits per heavy atom. The van der Waals surface area contributed by atoms with Crippen LogP contribution in [0.25, 0.3) is 5.65 Å². The second-order valence-electron chi connectivity index (χ2n) is 5.73. The van der Waals surface area contributed by atoms with E-state index in [2.05, 4.69) is 26.2 Å². The van der Waals surface area contributed by atoms with Crippen molar-refractivity contribution in [3.8, 4) is 0 Å². The van der Waals surface area contributed by atoms with Crippen LogP contribution in [-0.2, 0) is 13.1 Å². The SMILES string of the molecule is Clc1ccc2nc(CN3CCC[C@@H]3Cn3cncn3)cn2c1. The zero-order chi connectivity index (χ0) is 14.9. The smallest absolute Gasteiger partial charge is 0.137 e. The summed E-state index contributed by atoms with van der Waals surface area (Å²) in [6.07, 6.45) is 9.74. The number of likely N-dealkylation sites (tertiary alicyclic amines) is 1. The fourth-order valence-corrected chi connectivity index (χ4v) is 3.32. The molecular weight excluding hydrogens is 300 g/mol. The highest BCUT2D eigenvalue weighted by atomic mass is 35.5. The summed E-state index contributed by atoms with van der Waals surface area (Å²) < 4.78 is 3.90. The van der Waals surface area contributed by atoms with Crippen LogP contribution < -0.4 is 0 Å². The Labute approximate surface area is 133 Å². The topological polar surface area (TPSA) is 51.2 Å². The number of hydrogen-bond acceptors (Lipinski definition) is 4. The van der Waals surface area contributed by atoms with E-state index in [0.717, 1.165) is 36.0 Å². The molecule has 0 unspecified atom stereocenters. The maximum Gasteiger partial charge on any atom is 0.137 e. The molecule has 1 saturated heterocycles. The third kappa shape index (κ3) is 2.71. The second-order valence-corrected chi connectivity index (χ2v) is 6.17. The first kappa shape index (κ1) is 13.7. The van der Waals surface area contributed by atoms with Gasteiger partial charge in [-0.05, 0) is 31.5 Å². The van der Waals surface area contributed by atoms with Gasteiger partial charge in [-0.3, -0.25) is 9.58 Å². The Hall–Kier alpha value is -1.92. The molecule has 4 heterocycles. The molecule has 0 bridgehead atoms. The summed E-state index contributed by atoms with van der Waals surface area (Å²) in [4.78, 5) is 11.2. The fraction of sp³-hybridized carbons (Fsp3) is 0.400. The third-order valence-electron chi connectivity index (χ3n) is 4.19. The molecule has 0 aliphatic carbocycles. The van der Waals surface area contributed by atoms with E-state index in [1.165, 1.54) is 12.8 Å². The maximum atomic E-state index is 6.03. The van der Waals surface area contributed by atoms with Gasteiger partial charge >= 0.3 is 0 Å². The Morgan fingerprint density at radius 3 is 3.09 bits per heavy atom. The van der Waals surface area contributed by atoms with Gasteiger partial charge in [-0.25, -0.2) is 9.97 Å². The molecule has 3 aromatic heterocycles. The van der Waals surface area contributed by atoms with Crippen molar-refractivity contribution < 1.29 is 0 Å². The molecule has 1 aliphatic heterocycles. The van der Waals surface area contributed by atoms with Crippen LogP contribution >= 0.6 is 11.6 Å². The molecule has 0 N–H and O–H groups in total. The molecule has 0 spiro atoms. The summed E-state index contributed by atoms with van der Waals surface area (Å²) >= 11 is 6.03. The summed E-state index contributed by atoms with van der Waals surface area (Å²) in [6, 6.07) is 4.31. The number of fused-ring (bicyclic) bond motifs is 1. The molecule has 7 heteroatoms. The zero-order valence-corrected chi connectivity index (χ0v) is 12.9. The zero-order valence-electron chi connectivity index (χ0n) is 12.1. The first-order valence-corrected chi connectivity index (χ1v) is 7.85. The minimum Gasteiger partial charge on any atom is -0.305 e. The Bertz CT molecular complexity index is 766. The van der Waals surface area contributed by atoms with E-state index in [1.807, 2.05) is 27.4 Å². The predicted octanol–water partition coefficient (Wildman–Crippen LogP) is 2.24. The number of imidazole rings is 1. The quantitative estimate of drug-likeness (QED) is 0.741. The maximum absolute atomic E-state index is 6.03. The van der Waals surface area contributed by atoms with Gasteiger partial charge in [0.15, 0.2) is 0 Å². The molecule has 114 valence electrons. The van der Waals surface area contributed by atoms with Gasteiger partial charge in [0.1, 0.15) is 18.3 Å². The molecular formula is C15H17ClN6. The van der Waals surface area contributed by atoms with E-state index < -0.39 is 0 Å². The van der Waals surface area contributed by atoms with E-state index in [9.17, 15) is 0 Å². The van der Waals surface area contributed by atoms with Crippen LogP contribution in [0.15, 0.2) is 37.2 Å². The number of rotatable bonds is 4. The average molecular weight is 317 g/mol. The Morgan fingerprint density at radius 1 is 1.27 bits per heavy atom. The van der Waals surface area contributed by atoms with E-state index >= 15 is 0 Å². The molecule has 1 fully saturated rings. The van der Waals surface area contributed by atoms with E-state index in [-0.39, 0.29) is 0 Å². The highest BCUT2D eigenvalue weighted by Crippen LogP contribution is 2.21. The Kier molecular flexibility index (Phi) is 3.56. The van der Waals surface area contributed by atoms with Crippen molar-refractivity contribution in [2.75, 3.05) is 6.54 Å². The highest BCUT2D eigenvalue weighted by Gasteiger charge is 2.25. The van der Waals surface area contributed by atoms with Gasteiger partial charge in [0.2, 0.25) is 0 Å². The first-order valence-electron chi connectivity index (χ1n) is 7.47. The molecule has 0 radical (unpaired) electrons. The first-order chi connectivity index (χ1) is 10.8. The van der Waals surface area contributed by atoms with Crippen molar-refractivity contribution in [2.45, 2.75) is 32.0 Å². The van der Waals surface area contributed by atoms with Crippen LogP contribution in [0.5, 0.6) is 0 Å². The van der Waals surface area contributed by atoms with Crippen LogP contribution in [0.1, 0.15) is 18.5 Å². The monoisotopic (exact) mass is 316 g/mol. The molecule has 3 aromatic rings. The lowest BCUT2D eigenvalue weighted by Gasteiger charge is -2.23. The fourth-order valence-electron chi connectivity index (χ4n) is 3.15. The average Bonchev–Trinajstić information content (AvgIpc) is 3.21. The summed E-state index contributed by atoms with van der Waals surface area (Å²) in [5.41, 5.74) is 2.01. The van der Waals surface area contributed by atoms with Crippen LogP contribution in [0, 0.1) is 0 Å². The van der Waals surface area contributed by atoms with E-state index in [4.69, 9.17) is 11.6 Å². The van der Waals surface area contributed by atoms with Crippen LogP contribution in [0.3, 0.4) is 0 Å². The standard InChI is InChI=1S/C15H17ClN6/c16-12-3-4-15-19-13(8-21(15)6-12)7-20-5-1-2-14(20)9-22-11-17-10-18-22/h3-4,6,8,10-11,14H,1-2,5,7,9H2/t14-/m1/s1. The summed E-state index contributed by atoms with van der Waals surface area (Å²) in [5.74, 6) is 0. The lowest BCUT2D eigenvalue weighted by Crippen LogP contribution is -2.32. The number of nitrogens with zero attached hydrogens (tertiary/aromatic N) is 6. The third-order valence-corrected chi connectivity index (χ3v) is 4.42. The molecule has 1 atom stereocenters. The lowest BCUT2D eigenvalue weighted by atomic mass is 10.2. The van der Waals surface area contributed by atoms with Gasteiger partial charge in [-0.15, -0.1) is 0 Å². The van der Waals surface area contributed by atoms with E-state index in [0.29, 0.717) is 6.04 Å². The summed E-state index contributed by atoms with van der Waals surface area (Å²) in [7, 11) is 0. The molecule has 22 heavy (non-hydrogen) atoms. The van der Waals surface area contributed by atoms with Crippen LogP contribution in [-0.4, -0.2) is 41.6 Å². The molecule has 0 saturated carbocycles. The number of pyridine rings is 1. The lowest BCUT2D eigenvalue weighted by molar-refractivity contribution is 0.217. The number of halogens is 1. The van der Waals surface area contributed by atoms with Crippen molar-refractivity contribution in [1.82, 2.24) is 29.0 Å². The van der Waals surface area contributed by atoms with Gasteiger partial charge in [0.25, 0.3) is 0 Å². The molecule has 0 aromatic carbocycles. The minimum absolute atomic E-state index is 0.495. The summed E-state index contributed by atoms with van der Waals surface area (Å²) in [6.45, 7) is 2.85. The molecule has 6 nitrogen and oxygen atoms in total. The van der Waals surface area contributed by atoms with Gasteiger partial charge < -0.3 is 4.40 Å². The normalized spacial score (nSPS) is 19.2. The molecule has 4 rings (SSSR count). The summed E-state index contributed by atoms with van der Waals surface area (Å²) in [5, 5.41) is 4.93.